The summed E-state index contributed by atoms with van der Waals surface area (Å²) in [5.41, 5.74) is 1.46. The molecule has 22 heavy (non-hydrogen) atoms. The van der Waals surface area contributed by atoms with E-state index < -0.39 is 0 Å². The Balaban J connectivity index is 1.70. The van der Waals surface area contributed by atoms with Gasteiger partial charge in [0.2, 0.25) is 5.91 Å². The van der Waals surface area contributed by atoms with E-state index in [0.717, 1.165) is 11.3 Å². The van der Waals surface area contributed by atoms with Crippen molar-refractivity contribution in [2.45, 2.75) is 19.4 Å². The van der Waals surface area contributed by atoms with Crippen molar-refractivity contribution in [1.82, 2.24) is 0 Å². The number of halogens is 1. The van der Waals surface area contributed by atoms with Crippen molar-refractivity contribution >= 4 is 23.2 Å². The number of hydrogen-bond donors (Lipinski definition) is 2. The lowest BCUT2D eigenvalue weighted by molar-refractivity contribution is -0.116. The predicted molar refractivity (Wildman–Crippen MR) is 87.2 cm³/mol. The Morgan fingerprint density at radius 1 is 1.18 bits per heavy atom. The first-order valence-electron chi connectivity index (χ1n) is 7.05. The highest BCUT2D eigenvalue weighted by Gasteiger charge is 2.03. The zero-order chi connectivity index (χ0) is 15.8. The number of aliphatic hydroxyl groups is 1. The van der Waals surface area contributed by atoms with E-state index in [9.17, 15) is 4.79 Å². The van der Waals surface area contributed by atoms with Crippen LogP contribution < -0.4 is 10.1 Å². The van der Waals surface area contributed by atoms with Crippen LogP contribution in [0.1, 0.15) is 18.4 Å². The molecule has 0 atom stereocenters. The highest BCUT2D eigenvalue weighted by molar-refractivity contribution is 6.30. The third kappa shape index (κ3) is 5.39. The summed E-state index contributed by atoms with van der Waals surface area (Å²) in [6.07, 6.45) is 0.991. The van der Waals surface area contributed by atoms with E-state index in [0.29, 0.717) is 30.2 Å². The Labute approximate surface area is 134 Å². The normalized spacial score (nSPS) is 10.3. The number of amides is 1. The van der Waals surface area contributed by atoms with Crippen molar-refractivity contribution in [2.75, 3.05) is 11.9 Å². The van der Waals surface area contributed by atoms with Crippen LogP contribution >= 0.6 is 11.6 Å². The fourth-order valence-corrected chi connectivity index (χ4v) is 2.05. The lowest BCUT2D eigenvalue weighted by Gasteiger charge is -2.08. The van der Waals surface area contributed by atoms with Crippen LogP contribution in [-0.2, 0) is 11.4 Å². The van der Waals surface area contributed by atoms with Crippen LogP contribution in [0.25, 0.3) is 0 Å². The summed E-state index contributed by atoms with van der Waals surface area (Å²) in [4.78, 5) is 11.8. The van der Waals surface area contributed by atoms with E-state index >= 15 is 0 Å². The topological polar surface area (TPSA) is 58.6 Å². The van der Waals surface area contributed by atoms with Gasteiger partial charge in [0.25, 0.3) is 0 Å². The molecule has 0 heterocycles. The van der Waals surface area contributed by atoms with Gasteiger partial charge in [0.05, 0.1) is 13.2 Å². The molecule has 116 valence electrons. The summed E-state index contributed by atoms with van der Waals surface area (Å²) >= 11 is 5.79. The molecule has 4 nitrogen and oxygen atoms in total. The third-order valence-corrected chi connectivity index (χ3v) is 3.28. The van der Waals surface area contributed by atoms with E-state index in [1.54, 1.807) is 48.5 Å². The minimum atomic E-state index is -0.0743. The molecule has 2 aromatic carbocycles. The Morgan fingerprint density at radius 2 is 1.95 bits per heavy atom. The monoisotopic (exact) mass is 319 g/mol. The summed E-state index contributed by atoms with van der Waals surface area (Å²) < 4.78 is 5.53. The van der Waals surface area contributed by atoms with E-state index in [-0.39, 0.29) is 12.5 Å². The van der Waals surface area contributed by atoms with Crippen molar-refractivity contribution in [2.24, 2.45) is 0 Å². The van der Waals surface area contributed by atoms with Crippen LogP contribution in [0.2, 0.25) is 5.02 Å². The maximum atomic E-state index is 11.8. The summed E-state index contributed by atoms with van der Waals surface area (Å²) in [6.45, 7) is 0.421. The summed E-state index contributed by atoms with van der Waals surface area (Å²) in [7, 11) is 0. The van der Waals surface area contributed by atoms with Gasteiger partial charge in [-0.2, -0.15) is 0 Å². The average molecular weight is 320 g/mol. The first-order valence-corrected chi connectivity index (χ1v) is 7.43. The molecule has 0 spiro atoms. The van der Waals surface area contributed by atoms with Crippen molar-refractivity contribution in [3.8, 4) is 5.75 Å². The van der Waals surface area contributed by atoms with Crippen LogP contribution in [0.5, 0.6) is 5.75 Å². The van der Waals surface area contributed by atoms with Crippen LogP contribution in [0.15, 0.2) is 48.5 Å². The van der Waals surface area contributed by atoms with E-state index in [1.165, 1.54) is 0 Å². The Hall–Kier alpha value is -2.04. The van der Waals surface area contributed by atoms with Gasteiger partial charge in [-0.15, -0.1) is 0 Å². The van der Waals surface area contributed by atoms with Gasteiger partial charge < -0.3 is 15.2 Å². The highest BCUT2D eigenvalue weighted by atomic mass is 35.5. The van der Waals surface area contributed by atoms with Gasteiger partial charge in [-0.25, -0.2) is 0 Å². The Kier molecular flexibility index (Phi) is 6.25. The molecule has 1 amide bonds. The molecule has 0 unspecified atom stereocenters. The maximum Gasteiger partial charge on any atom is 0.224 e. The summed E-state index contributed by atoms with van der Waals surface area (Å²) in [5, 5.41) is 12.5. The number of benzene rings is 2. The molecular formula is C17H18ClNO3. The van der Waals surface area contributed by atoms with Gasteiger partial charge in [-0.05, 0) is 48.4 Å². The fourth-order valence-electron chi connectivity index (χ4n) is 1.92. The number of hydrogen-bond acceptors (Lipinski definition) is 3. The molecule has 0 aliphatic carbocycles. The second-order valence-corrected chi connectivity index (χ2v) is 5.25. The number of anilines is 1. The molecule has 0 bridgehead atoms. The first kappa shape index (κ1) is 16.3. The summed E-state index contributed by atoms with van der Waals surface area (Å²) in [6, 6.07) is 14.3. The molecule has 0 aromatic heterocycles. The predicted octanol–water partition coefficient (Wildman–Crippen LogP) is 3.63. The van der Waals surface area contributed by atoms with Crippen LogP contribution in [0, 0.1) is 0 Å². The number of carbonyl (C=O) groups is 1. The second-order valence-electron chi connectivity index (χ2n) is 4.81. The van der Waals surface area contributed by atoms with Crippen molar-refractivity contribution < 1.29 is 14.6 Å². The molecule has 0 radical (unpaired) electrons. The molecule has 2 rings (SSSR count). The number of rotatable bonds is 7. The number of carbonyl (C=O) groups excluding carboxylic acids is 1. The van der Waals surface area contributed by atoms with Crippen LogP contribution in [0.3, 0.4) is 0 Å². The molecule has 0 aliphatic rings. The lowest BCUT2D eigenvalue weighted by atomic mass is 10.2. The quantitative estimate of drug-likeness (QED) is 0.766. The number of nitrogens with one attached hydrogen (secondary N) is 1. The van der Waals surface area contributed by atoms with Gasteiger partial charge in [0.15, 0.2) is 0 Å². The molecule has 5 heteroatoms. The van der Waals surface area contributed by atoms with Gasteiger partial charge in [-0.1, -0.05) is 23.7 Å². The lowest BCUT2D eigenvalue weighted by Crippen LogP contribution is -2.13. The molecular weight excluding hydrogens is 302 g/mol. The maximum absolute atomic E-state index is 11.8. The molecule has 0 saturated heterocycles. The largest absolute Gasteiger partial charge is 0.494 e. The van der Waals surface area contributed by atoms with Gasteiger partial charge in [-0.3, -0.25) is 4.79 Å². The average Bonchev–Trinajstić information content (AvgIpc) is 2.53. The second kappa shape index (κ2) is 8.41. The van der Waals surface area contributed by atoms with E-state index in [2.05, 4.69) is 5.32 Å². The van der Waals surface area contributed by atoms with Crippen LogP contribution in [0.4, 0.5) is 5.69 Å². The SMILES string of the molecule is O=C(CCCOc1ccc(Cl)cc1)Nc1cccc(CO)c1. The van der Waals surface area contributed by atoms with Crippen molar-refractivity contribution in [1.29, 1.82) is 0 Å². The van der Waals surface area contributed by atoms with Gasteiger partial charge in [0.1, 0.15) is 5.75 Å². The molecule has 2 aromatic rings. The minimum absolute atomic E-state index is 0.0430. The van der Waals surface area contributed by atoms with E-state index in [4.69, 9.17) is 21.4 Å². The van der Waals surface area contributed by atoms with Crippen molar-refractivity contribution in [3.63, 3.8) is 0 Å². The highest BCUT2D eigenvalue weighted by Crippen LogP contribution is 2.16. The zero-order valence-electron chi connectivity index (χ0n) is 12.1. The third-order valence-electron chi connectivity index (χ3n) is 3.02. The minimum Gasteiger partial charge on any atom is -0.494 e. The molecule has 0 saturated carbocycles. The standard InChI is InChI=1S/C17H18ClNO3/c18-14-6-8-16(9-7-14)22-10-2-5-17(21)19-15-4-1-3-13(11-15)12-20/h1,3-4,6-9,11,20H,2,5,10,12H2,(H,19,21). The number of ether oxygens (including phenoxy) is 1. The van der Waals surface area contributed by atoms with Crippen molar-refractivity contribution in [3.05, 3.63) is 59.1 Å². The van der Waals surface area contributed by atoms with E-state index in [1.807, 2.05) is 0 Å². The molecule has 2 N–H and O–H groups in total. The Morgan fingerprint density at radius 3 is 2.68 bits per heavy atom. The van der Waals surface area contributed by atoms with Crippen LogP contribution in [-0.4, -0.2) is 17.6 Å². The zero-order valence-corrected chi connectivity index (χ0v) is 12.8. The fraction of sp³-hybridized carbons (Fsp3) is 0.235. The van der Waals surface area contributed by atoms with Gasteiger partial charge in [0, 0.05) is 17.1 Å². The number of aliphatic hydroxyl groups excluding tert-OH is 1. The summed E-state index contributed by atoms with van der Waals surface area (Å²) in [5.74, 6) is 0.662. The molecule has 0 fully saturated rings. The first-order chi connectivity index (χ1) is 10.7. The van der Waals surface area contributed by atoms with Gasteiger partial charge >= 0.3 is 0 Å². The Bertz CT molecular complexity index is 614. The molecule has 0 aliphatic heterocycles. The smallest absolute Gasteiger partial charge is 0.224 e.